The quantitative estimate of drug-likeness (QED) is 0.504. The zero-order valence-electron chi connectivity index (χ0n) is 16.3. The van der Waals surface area contributed by atoms with Gasteiger partial charge in [0.15, 0.2) is 0 Å². The number of hydrogen-bond acceptors (Lipinski definition) is 2. The fourth-order valence-electron chi connectivity index (χ4n) is 3.63. The molecular weight excluding hydrogens is 348 g/mol. The Labute approximate surface area is 166 Å². The van der Waals surface area contributed by atoms with Gasteiger partial charge in [-0.25, -0.2) is 10.0 Å². The van der Waals surface area contributed by atoms with Crippen LogP contribution in [0.25, 0.3) is 0 Å². The molecule has 0 radical (unpaired) electrons. The second kappa shape index (κ2) is 8.70. The molecule has 0 N–H and O–H groups in total. The van der Waals surface area contributed by atoms with Crippen LogP contribution in [0.5, 0.6) is 0 Å². The summed E-state index contributed by atoms with van der Waals surface area (Å²) < 4.78 is 0. The van der Waals surface area contributed by atoms with Gasteiger partial charge in [0.2, 0.25) is 0 Å². The summed E-state index contributed by atoms with van der Waals surface area (Å²) in [6, 6.07) is 19.5. The van der Waals surface area contributed by atoms with Crippen LogP contribution >= 0.6 is 0 Å². The second-order valence-electron chi connectivity index (χ2n) is 7.04. The fourth-order valence-corrected chi connectivity index (χ4v) is 3.63. The molecule has 0 saturated carbocycles. The highest BCUT2D eigenvalue weighted by Crippen LogP contribution is 2.40. The molecular formula is C24H26N2O2. The minimum atomic E-state index is -1.11. The van der Waals surface area contributed by atoms with E-state index in [1.54, 1.807) is 16.1 Å². The van der Waals surface area contributed by atoms with Crippen molar-refractivity contribution in [2.75, 3.05) is 0 Å². The molecule has 4 heteroatoms. The standard InChI is InChI=1S/C24H26N2O2/c1-3-5-17-24(16-4-2)22(27)25(18-20-12-8-6-9-13-20)26(23(24)28)19-21-14-10-7-11-15-21/h3-15H,2,16-19H2,1H3/b5-3+. The maximum Gasteiger partial charge on any atom is 0.257 e. The third kappa shape index (κ3) is 3.77. The van der Waals surface area contributed by atoms with Crippen molar-refractivity contribution in [2.45, 2.75) is 32.9 Å². The Morgan fingerprint density at radius 1 is 0.821 bits per heavy atom. The van der Waals surface area contributed by atoms with Crippen molar-refractivity contribution in [1.29, 1.82) is 0 Å². The van der Waals surface area contributed by atoms with Crippen LogP contribution in [-0.2, 0) is 22.7 Å². The molecule has 2 amide bonds. The van der Waals surface area contributed by atoms with E-state index >= 15 is 0 Å². The first-order chi connectivity index (χ1) is 13.6. The van der Waals surface area contributed by atoms with Gasteiger partial charge in [0.05, 0.1) is 13.1 Å². The van der Waals surface area contributed by atoms with Crippen LogP contribution in [-0.4, -0.2) is 21.8 Å². The number of rotatable bonds is 8. The Balaban J connectivity index is 2.00. The molecule has 1 fully saturated rings. The highest BCUT2D eigenvalue weighted by atomic mass is 16.2. The topological polar surface area (TPSA) is 40.6 Å². The normalized spacial score (nSPS) is 16.2. The van der Waals surface area contributed by atoms with Crippen LogP contribution in [0.15, 0.2) is 85.5 Å². The summed E-state index contributed by atoms with van der Waals surface area (Å²) in [6.07, 6.45) is 6.15. The lowest BCUT2D eigenvalue weighted by Crippen LogP contribution is -2.39. The summed E-state index contributed by atoms with van der Waals surface area (Å²) in [5, 5.41) is 3.22. The van der Waals surface area contributed by atoms with Crippen LogP contribution in [0.2, 0.25) is 0 Å². The molecule has 4 nitrogen and oxygen atoms in total. The lowest BCUT2D eigenvalue weighted by molar-refractivity contribution is -0.149. The summed E-state index contributed by atoms with van der Waals surface area (Å²) in [5.74, 6) is -0.314. The van der Waals surface area contributed by atoms with Crippen molar-refractivity contribution in [1.82, 2.24) is 10.0 Å². The number of hydrazine groups is 1. The lowest BCUT2D eigenvalue weighted by Gasteiger charge is -2.28. The first-order valence-corrected chi connectivity index (χ1v) is 9.56. The van der Waals surface area contributed by atoms with E-state index in [9.17, 15) is 9.59 Å². The fraction of sp³-hybridized carbons (Fsp3) is 0.250. The van der Waals surface area contributed by atoms with Crippen LogP contribution in [0.1, 0.15) is 30.9 Å². The number of allylic oxidation sites excluding steroid dienone is 3. The van der Waals surface area contributed by atoms with Gasteiger partial charge in [0.1, 0.15) is 5.41 Å². The number of carbonyl (C=O) groups is 2. The van der Waals surface area contributed by atoms with Crippen molar-refractivity contribution >= 4 is 11.8 Å². The summed E-state index contributed by atoms with van der Waals surface area (Å²) >= 11 is 0. The monoisotopic (exact) mass is 374 g/mol. The largest absolute Gasteiger partial charge is 0.272 e. The first-order valence-electron chi connectivity index (χ1n) is 9.56. The molecule has 0 aromatic heterocycles. The Morgan fingerprint density at radius 3 is 1.68 bits per heavy atom. The molecule has 1 aliphatic rings. The summed E-state index contributed by atoms with van der Waals surface area (Å²) in [6.45, 7) is 6.43. The predicted molar refractivity (Wildman–Crippen MR) is 111 cm³/mol. The molecule has 1 aliphatic heterocycles. The van der Waals surface area contributed by atoms with Crippen LogP contribution in [0, 0.1) is 5.41 Å². The summed E-state index contributed by atoms with van der Waals surface area (Å²) in [4.78, 5) is 27.0. The van der Waals surface area contributed by atoms with Crippen LogP contribution in [0.3, 0.4) is 0 Å². The second-order valence-corrected chi connectivity index (χ2v) is 7.04. The predicted octanol–water partition coefficient (Wildman–Crippen LogP) is 4.50. The molecule has 0 bridgehead atoms. The number of amides is 2. The zero-order chi connectivity index (χ0) is 20.0. The van der Waals surface area contributed by atoms with Crippen LogP contribution in [0.4, 0.5) is 0 Å². The number of benzene rings is 2. The number of nitrogens with zero attached hydrogens (tertiary/aromatic N) is 2. The maximum absolute atomic E-state index is 13.5. The number of hydrogen-bond donors (Lipinski definition) is 0. The smallest absolute Gasteiger partial charge is 0.257 e. The zero-order valence-corrected chi connectivity index (χ0v) is 16.3. The Hall–Kier alpha value is -3.14. The number of carbonyl (C=O) groups excluding carboxylic acids is 2. The van der Waals surface area contributed by atoms with Crippen molar-refractivity contribution in [3.05, 3.63) is 96.6 Å². The minimum absolute atomic E-state index is 0.157. The van der Waals surface area contributed by atoms with Gasteiger partial charge in [-0.05, 0) is 30.9 Å². The average Bonchev–Trinajstić information content (AvgIpc) is 2.91. The van der Waals surface area contributed by atoms with Crippen molar-refractivity contribution in [3.8, 4) is 0 Å². The van der Waals surface area contributed by atoms with Gasteiger partial charge in [0, 0.05) is 0 Å². The van der Waals surface area contributed by atoms with Gasteiger partial charge < -0.3 is 0 Å². The van der Waals surface area contributed by atoms with Gasteiger partial charge in [0.25, 0.3) is 11.8 Å². The molecule has 0 unspecified atom stereocenters. The molecule has 1 heterocycles. The molecule has 0 atom stereocenters. The SMILES string of the molecule is C=CCC1(C/C=C/C)C(=O)N(Cc2ccccc2)N(Cc2ccccc2)C1=O. The van der Waals surface area contributed by atoms with E-state index in [2.05, 4.69) is 6.58 Å². The van der Waals surface area contributed by atoms with E-state index in [0.717, 1.165) is 11.1 Å². The van der Waals surface area contributed by atoms with E-state index in [1.807, 2.05) is 79.7 Å². The Bertz CT molecular complexity index is 799. The van der Waals surface area contributed by atoms with E-state index in [0.29, 0.717) is 25.9 Å². The van der Waals surface area contributed by atoms with Crippen LogP contribution < -0.4 is 0 Å². The third-order valence-corrected chi connectivity index (χ3v) is 5.12. The van der Waals surface area contributed by atoms with Gasteiger partial charge >= 0.3 is 0 Å². The summed E-state index contributed by atoms with van der Waals surface area (Å²) in [7, 11) is 0. The van der Waals surface area contributed by atoms with E-state index in [-0.39, 0.29) is 11.8 Å². The van der Waals surface area contributed by atoms with Crippen molar-refractivity contribution in [2.24, 2.45) is 5.41 Å². The molecule has 144 valence electrons. The average molecular weight is 374 g/mol. The van der Waals surface area contributed by atoms with E-state index in [4.69, 9.17) is 0 Å². The minimum Gasteiger partial charge on any atom is -0.272 e. The maximum atomic E-state index is 13.5. The third-order valence-electron chi connectivity index (χ3n) is 5.12. The van der Waals surface area contributed by atoms with Gasteiger partial charge in [-0.2, -0.15) is 0 Å². The molecule has 28 heavy (non-hydrogen) atoms. The van der Waals surface area contributed by atoms with Crippen molar-refractivity contribution in [3.63, 3.8) is 0 Å². The Kier molecular flexibility index (Phi) is 6.09. The molecule has 0 aliphatic carbocycles. The lowest BCUT2D eigenvalue weighted by atomic mass is 9.80. The first kappa shape index (κ1) is 19.6. The van der Waals surface area contributed by atoms with Gasteiger partial charge in [-0.3, -0.25) is 9.59 Å². The molecule has 2 aromatic rings. The molecule has 1 saturated heterocycles. The molecule has 3 rings (SSSR count). The van der Waals surface area contributed by atoms with E-state index in [1.165, 1.54) is 0 Å². The Morgan fingerprint density at radius 2 is 1.29 bits per heavy atom. The van der Waals surface area contributed by atoms with Gasteiger partial charge in [-0.1, -0.05) is 78.9 Å². The molecule has 0 spiro atoms. The van der Waals surface area contributed by atoms with E-state index < -0.39 is 5.41 Å². The highest BCUT2D eigenvalue weighted by Gasteiger charge is 2.56. The van der Waals surface area contributed by atoms with Crippen molar-refractivity contribution < 1.29 is 9.59 Å². The molecule has 2 aromatic carbocycles. The van der Waals surface area contributed by atoms with Gasteiger partial charge in [-0.15, -0.1) is 6.58 Å². The summed E-state index contributed by atoms with van der Waals surface area (Å²) in [5.41, 5.74) is 0.863. The highest BCUT2D eigenvalue weighted by molar-refractivity contribution is 6.10.